The van der Waals surface area contributed by atoms with Crippen molar-refractivity contribution < 1.29 is 0 Å². The van der Waals surface area contributed by atoms with Gasteiger partial charge in [-0.25, -0.2) is 0 Å². The standard InChI is InChI=1S/C17H33N.C15H29N.C2H6/c1-3-18(4-2)17(15-11-7-5-8-12-15)16-13-9-6-10-14-16;1-3-16(4-2)15(13-9-5-6-10-13)14-11-7-8-12-14;1-2/h15-17H,3-14H2,1-2H3;13-15H,3-12H2,1-2H3;1-2H3. The van der Waals surface area contributed by atoms with Gasteiger partial charge >= 0.3 is 0 Å². The van der Waals surface area contributed by atoms with Crippen molar-refractivity contribution in [1.82, 2.24) is 9.80 Å². The topological polar surface area (TPSA) is 6.48 Å². The first-order chi connectivity index (χ1) is 17.7. The maximum absolute atomic E-state index is 2.80. The summed E-state index contributed by atoms with van der Waals surface area (Å²) in [5, 5.41) is 0. The highest BCUT2D eigenvalue weighted by Crippen LogP contribution is 2.40. The molecule has 0 spiro atoms. The number of rotatable bonds is 10. The Balaban J connectivity index is 0.000000239. The van der Waals surface area contributed by atoms with Crippen LogP contribution < -0.4 is 0 Å². The van der Waals surface area contributed by atoms with Crippen LogP contribution in [0.15, 0.2) is 0 Å². The molecule has 2 nitrogen and oxygen atoms in total. The van der Waals surface area contributed by atoms with Crippen LogP contribution in [0, 0.1) is 23.7 Å². The quantitative estimate of drug-likeness (QED) is 0.292. The van der Waals surface area contributed by atoms with Crippen LogP contribution in [0.3, 0.4) is 0 Å². The summed E-state index contributed by atoms with van der Waals surface area (Å²) < 4.78 is 0. The summed E-state index contributed by atoms with van der Waals surface area (Å²) in [4.78, 5) is 5.57. The minimum Gasteiger partial charge on any atom is -0.300 e. The zero-order valence-corrected chi connectivity index (χ0v) is 25.9. The molecule has 0 radical (unpaired) electrons. The van der Waals surface area contributed by atoms with Crippen LogP contribution in [-0.4, -0.2) is 48.1 Å². The molecule has 4 fully saturated rings. The minimum absolute atomic E-state index is 0.917. The summed E-state index contributed by atoms with van der Waals surface area (Å²) in [5.41, 5.74) is 0. The highest BCUT2D eigenvalue weighted by Gasteiger charge is 2.36. The molecule has 0 aromatic heterocycles. The third-order valence-electron chi connectivity index (χ3n) is 10.5. The van der Waals surface area contributed by atoms with Crippen molar-refractivity contribution in [2.45, 2.75) is 169 Å². The molecule has 0 N–H and O–H groups in total. The lowest BCUT2D eigenvalue weighted by molar-refractivity contribution is 0.0612. The molecular formula is C34H68N2. The van der Waals surface area contributed by atoms with Crippen molar-refractivity contribution in [2.75, 3.05) is 26.2 Å². The van der Waals surface area contributed by atoms with E-state index in [4.69, 9.17) is 0 Å². The van der Waals surface area contributed by atoms with Crippen LogP contribution >= 0.6 is 0 Å². The Morgan fingerprint density at radius 3 is 0.778 bits per heavy atom. The van der Waals surface area contributed by atoms with Gasteiger partial charge in [-0.05, 0) is 101 Å². The molecule has 0 aromatic carbocycles. The van der Waals surface area contributed by atoms with Crippen LogP contribution in [0.4, 0.5) is 0 Å². The van der Waals surface area contributed by atoms with Crippen molar-refractivity contribution in [3.8, 4) is 0 Å². The first-order valence-corrected chi connectivity index (χ1v) is 17.2. The number of nitrogens with zero attached hydrogens (tertiary/aromatic N) is 2. The van der Waals surface area contributed by atoms with Gasteiger partial charge in [0.2, 0.25) is 0 Å². The van der Waals surface area contributed by atoms with Crippen molar-refractivity contribution in [3.63, 3.8) is 0 Å². The summed E-state index contributed by atoms with van der Waals surface area (Å²) in [6.45, 7) is 18.5. The van der Waals surface area contributed by atoms with Gasteiger partial charge in [-0.15, -0.1) is 0 Å². The highest BCUT2D eigenvalue weighted by molar-refractivity contribution is 4.90. The van der Waals surface area contributed by atoms with Gasteiger partial charge in [0.15, 0.2) is 0 Å². The van der Waals surface area contributed by atoms with Crippen molar-refractivity contribution in [1.29, 1.82) is 0 Å². The first-order valence-electron chi connectivity index (χ1n) is 17.2. The van der Waals surface area contributed by atoms with Gasteiger partial charge in [0, 0.05) is 12.1 Å². The highest BCUT2D eigenvalue weighted by atomic mass is 15.2. The molecule has 4 rings (SSSR count). The maximum atomic E-state index is 2.80. The van der Waals surface area contributed by atoms with Crippen molar-refractivity contribution in [3.05, 3.63) is 0 Å². The second-order valence-electron chi connectivity index (χ2n) is 12.3. The molecule has 36 heavy (non-hydrogen) atoms. The molecule has 0 saturated heterocycles. The Morgan fingerprint density at radius 1 is 0.389 bits per heavy atom. The molecule has 0 atom stereocenters. The zero-order chi connectivity index (χ0) is 26.2. The Labute approximate surface area is 228 Å². The normalized spacial score (nSPS) is 22.8. The predicted molar refractivity (Wildman–Crippen MR) is 162 cm³/mol. The van der Waals surface area contributed by atoms with Gasteiger partial charge in [-0.2, -0.15) is 0 Å². The first kappa shape index (κ1) is 32.1. The lowest BCUT2D eigenvalue weighted by Crippen LogP contribution is -2.46. The van der Waals surface area contributed by atoms with Crippen molar-refractivity contribution >= 4 is 0 Å². The Kier molecular flexibility index (Phi) is 17.0. The monoisotopic (exact) mass is 505 g/mol. The Morgan fingerprint density at radius 2 is 0.583 bits per heavy atom. The molecule has 0 aliphatic heterocycles. The third-order valence-corrected chi connectivity index (χ3v) is 10.5. The molecule has 0 unspecified atom stereocenters. The SMILES string of the molecule is CC.CCN(CC)C(C1CCCC1)C1CCCC1.CCN(CC)C(C1CCCCC1)C1CCCCC1. The molecule has 0 bridgehead atoms. The van der Waals surface area contributed by atoms with E-state index in [0.29, 0.717) is 0 Å². The second kappa shape index (κ2) is 19.1. The molecule has 4 saturated carbocycles. The summed E-state index contributed by atoms with van der Waals surface area (Å²) in [7, 11) is 0. The Bertz CT molecular complexity index is 451. The predicted octanol–water partition coefficient (Wildman–Crippen LogP) is 9.96. The summed E-state index contributed by atoms with van der Waals surface area (Å²) in [6.07, 6.45) is 27.0. The van der Waals surface area contributed by atoms with E-state index < -0.39 is 0 Å². The van der Waals surface area contributed by atoms with Crippen LogP contribution in [0.5, 0.6) is 0 Å². The number of hydrogen-bond donors (Lipinski definition) is 0. The maximum Gasteiger partial charge on any atom is 0.0151 e. The molecular weight excluding hydrogens is 436 g/mol. The molecule has 0 aromatic rings. The summed E-state index contributed by atoms with van der Waals surface area (Å²) in [6, 6.07) is 1.85. The lowest BCUT2D eigenvalue weighted by Gasteiger charge is -2.44. The largest absolute Gasteiger partial charge is 0.300 e. The van der Waals surface area contributed by atoms with E-state index in [0.717, 1.165) is 35.8 Å². The van der Waals surface area contributed by atoms with Crippen LogP contribution in [-0.2, 0) is 0 Å². The average Bonchev–Trinajstić information content (AvgIpc) is 3.68. The third kappa shape index (κ3) is 9.59. The number of hydrogen-bond acceptors (Lipinski definition) is 2. The zero-order valence-electron chi connectivity index (χ0n) is 25.9. The summed E-state index contributed by atoms with van der Waals surface area (Å²) in [5.74, 6) is 4.09. The molecule has 0 amide bonds. The van der Waals surface area contributed by atoms with Gasteiger partial charge in [-0.3, -0.25) is 0 Å². The van der Waals surface area contributed by atoms with E-state index in [-0.39, 0.29) is 0 Å². The van der Waals surface area contributed by atoms with Gasteiger partial charge in [0.1, 0.15) is 0 Å². The fourth-order valence-electron chi connectivity index (χ4n) is 8.80. The second-order valence-corrected chi connectivity index (χ2v) is 12.3. The van der Waals surface area contributed by atoms with Gasteiger partial charge < -0.3 is 9.80 Å². The molecule has 0 heterocycles. The molecule has 2 heteroatoms. The molecule has 4 aliphatic carbocycles. The van der Waals surface area contributed by atoms with E-state index >= 15 is 0 Å². The average molecular weight is 505 g/mol. The Hall–Kier alpha value is -0.0800. The van der Waals surface area contributed by atoms with E-state index in [1.807, 2.05) is 13.8 Å². The summed E-state index contributed by atoms with van der Waals surface area (Å²) >= 11 is 0. The molecule has 214 valence electrons. The van der Waals surface area contributed by atoms with E-state index in [2.05, 4.69) is 37.5 Å². The van der Waals surface area contributed by atoms with Gasteiger partial charge in [0.05, 0.1) is 0 Å². The van der Waals surface area contributed by atoms with E-state index in [1.165, 1.54) is 142 Å². The van der Waals surface area contributed by atoms with Crippen LogP contribution in [0.25, 0.3) is 0 Å². The molecule has 4 aliphatic rings. The van der Waals surface area contributed by atoms with Gasteiger partial charge in [0.25, 0.3) is 0 Å². The minimum atomic E-state index is 0.917. The van der Waals surface area contributed by atoms with Crippen LogP contribution in [0.2, 0.25) is 0 Å². The fourth-order valence-corrected chi connectivity index (χ4v) is 8.80. The van der Waals surface area contributed by atoms with Crippen molar-refractivity contribution in [2.24, 2.45) is 23.7 Å². The van der Waals surface area contributed by atoms with E-state index in [9.17, 15) is 0 Å². The van der Waals surface area contributed by atoms with Gasteiger partial charge in [-0.1, -0.05) is 106 Å². The lowest BCUT2D eigenvalue weighted by atomic mass is 9.73. The van der Waals surface area contributed by atoms with Crippen LogP contribution in [0.1, 0.15) is 157 Å². The van der Waals surface area contributed by atoms with E-state index in [1.54, 1.807) is 0 Å². The fraction of sp³-hybridized carbons (Fsp3) is 1.00. The smallest absolute Gasteiger partial charge is 0.0151 e.